The minimum Gasteiger partial charge on any atom is -0.497 e. The van der Waals surface area contributed by atoms with Crippen LogP contribution in [0.25, 0.3) is 0 Å². The molecule has 0 bridgehead atoms. The molecule has 0 fully saturated rings. The molecule has 0 heterocycles. The third kappa shape index (κ3) is 13.0. The molecule has 0 saturated carbocycles. The first-order chi connectivity index (χ1) is 22.1. The molecular formula is C40H52O6. The highest BCUT2D eigenvalue weighted by atomic mass is 16.7. The third-order valence-electron chi connectivity index (χ3n) is 7.47. The summed E-state index contributed by atoms with van der Waals surface area (Å²) in [4.78, 5) is 23.3. The number of benzene rings is 3. The highest BCUT2D eigenvalue weighted by molar-refractivity contribution is 5.70. The van der Waals surface area contributed by atoms with Crippen LogP contribution in [0.15, 0.2) is 96.8 Å². The Morgan fingerprint density at radius 1 is 0.739 bits per heavy atom. The zero-order chi connectivity index (χ0) is 33.9. The molecule has 4 rings (SSSR count). The molecule has 1 aliphatic carbocycles. The summed E-state index contributed by atoms with van der Waals surface area (Å²) >= 11 is 0. The number of allylic oxidation sites excluding steroid dienone is 3. The second-order valence-electron chi connectivity index (χ2n) is 11.4. The van der Waals surface area contributed by atoms with Crippen molar-refractivity contribution in [2.45, 2.75) is 86.5 Å². The molecule has 0 amide bonds. The summed E-state index contributed by atoms with van der Waals surface area (Å²) in [5.74, 6) is 2.07. The van der Waals surface area contributed by atoms with Gasteiger partial charge in [0, 0.05) is 12.8 Å². The van der Waals surface area contributed by atoms with Crippen LogP contribution in [0.4, 0.5) is 4.79 Å². The Hall–Kier alpha value is -4.32. The van der Waals surface area contributed by atoms with Crippen LogP contribution in [0.5, 0.6) is 17.2 Å². The van der Waals surface area contributed by atoms with Crippen molar-refractivity contribution < 1.29 is 28.5 Å². The maximum absolute atomic E-state index is 12.3. The zero-order valence-corrected chi connectivity index (χ0v) is 28.9. The largest absolute Gasteiger partial charge is 0.519 e. The minimum absolute atomic E-state index is 0.109. The number of esters is 1. The lowest BCUT2D eigenvalue weighted by atomic mass is 9.73. The second kappa shape index (κ2) is 20.7. The van der Waals surface area contributed by atoms with Gasteiger partial charge in [-0.1, -0.05) is 115 Å². The van der Waals surface area contributed by atoms with Crippen molar-refractivity contribution in [2.75, 3.05) is 7.11 Å². The highest BCUT2D eigenvalue weighted by Gasteiger charge is 2.29. The van der Waals surface area contributed by atoms with E-state index in [0.717, 1.165) is 11.3 Å². The number of rotatable bonds is 10. The Morgan fingerprint density at radius 3 is 1.72 bits per heavy atom. The van der Waals surface area contributed by atoms with Crippen molar-refractivity contribution in [2.24, 2.45) is 11.8 Å². The number of methoxy groups -OCH3 is 1. The van der Waals surface area contributed by atoms with E-state index < -0.39 is 12.1 Å². The van der Waals surface area contributed by atoms with E-state index >= 15 is 0 Å². The number of unbranched alkanes of at least 4 members (excludes halogenated alkanes) is 3. The van der Waals surface area contributed by atoms with Gasteiger partial charge in [-0.25, -0.2) is 4.79 Å². The first-order valence-corrected chi connectivity index (χ1v) is 16.4. The Morgan fingerprint density at radius 2 is 1.28 bits per heavy atom. The molecule has 46 heavy (non-hydrogen) atoms. The summed E-state index contributed by atoms with van der Waals surface area (Å²) in [5.41, 5.74) is 3.54. The van der Waals surface area contributed by atoms with Gasteiger partial charge in [0.15, 0.2) is 0 Å². The molecule has 0 aliphatic heterocycles. The van der Waals surface area contributed by atoms with Crippen LogP contribution in [-0.4, -0.2) is 19.2 Å². The summed E-state index contributed by atoms with van der Waals surface area (Å²) in [7, 11) is 1.68. The van der Waals surface area contributed by atoms with Gasteiger partial charge < -0.3 is 18.9 Å². The standard InChI is InChI=1S/C31H30O6.C5H12.C4H10/c1-20-6-5-7-24(18-20)30(29-17-16-28(34-4)19-21(29)2)23-8-10-26(11-9-23)36-31(33)37-27-14-12-25(13-15-27)35-22(3)32;1-3-5-4-2;1-3-4-2/h5-19,21,29-30H,1-4H3;3-5H2,1-2H3;3-4H2,1-2H3. The fourth-order valence-corrected chi connectivity index (χ4v) is 4.91. The normalized spacial score (nSPS) is 15.5. The van der Waals surface area contributed by atoms with Crippen LogP contribution in [0.2, 0.25) is 0 Å². The number of carbonyl (C=O) groups excluding carboxylic acids is 2. The molecular weight excluding hydrogens is 576 g/mol. The van der Waals surface area contributed by atoms with Crippen molar-refractivity contribution in [3.63, 3.8) is 0 Å². The lowest BCUT2D eigenvalue weighted by Gasteiger charge is -2.32. The lowest BCUT2D eigenvalue weighted by molar-refractivity contribution is -0.131. The SMILES string of the molecule is CCCC.CCCCC.COC1=CC(C)C(C(c2ccc(OC(=O)Oc3ccc(OC(C)=O)cc3)cc2)c2cccc(C)c2)C=C1. The molecule has 3 aromatic rings. The molecule has 6 nitrogen and oxygen atoms in total. The lowest BCUT2D eigenvalue weighted by Crippen LogP contribution is -2.21. The van der Waals surface area contributed by atoms with Gasteiger partial charge in [0.25, 0.3) is 0 Å². The van der Waals surface area contributed by atoms with E-state index in [1.807, 2.05) is 18.2 Å². The van der Waals surface area contributed by atoms with Gasteiger partial charge in [-0.05, 0) is 78.4 Å². The molecule has 3 atom stereocenters. The topological polar surface area (TPSA) is 71.1 Å². The van der Waals surface area contributed by atoms with Gasteiger partial charge in [0.2, 0.25) is 0 Å². The maximum atomic E-state index is 12.3. The highest BCUT2D eigenvalue weighted by Crippen LogP contribution is 2.40. The van der Waals surface area contributed by atoms with Crippen molar-refractivity contribution >= 4 is 12.1 Å². The van der Waals surface area contributed by atoms with Crippen LogP contribution >= 0.6 is 0 Å². The summed E-state index contributed by atoms with van der Waals surface area (Å²) in [5, 5.41) is 0. The molecule has 6 heteroatoms. The Kier molecular flexibility index (Phi) is 17.0. The van der Waals surface area contributed by atoms with Crippen LogP contribution in [0, 0.1) is 18.8 Å². The van der Waals surface area contributed by atoms with Crippen molar-refractivity contribution in [3.8, 4) is 17.2 Å². The first kappa shape index (κ1) is 37.9. The van der Waals surface area contributed by atoms with Gasteiger partial charge in [-0.3, -0.25) is 4.79 Å². The number of hydrogen-bond donors (Lipinski definition) is 0. The van der Waals surface area contributed by atoms with Gasteiger partial charge >= 0.3 is 12.1 Å². The predicted octanol–water partition coefficient (Wildman–Crippen LogP) is 11.0. The molecule has 0 radical (unpaired) electrons. The third-order valence-corrected chi connectivity index (χ3v) is 7.47. The predicted molar refractivity (Wildman–Crippen MR) is 187 cm³/mol. The first-order valence-electron chi connectivity index (χ1n) is 16.4. The van der Waals surface area contributed by atoms with Gasteiger partial charge in [-0.2, -0.15) is 0 Å². The van der Waals surface area contributed by atoms with Crippen molar-refractivity contribution in [3.05, 3.63) is 113 Å². The maximum Gasteiger partial charge on any atom is 0.519 e. The van der Waals surface area contributed by atoms with Crippen LogP contribution < -0.4 is 14.2 Å². The van der Waals surface area contributed by atoms with E-state index in [1.165, 1.54) is 74.4 Å². The summed E-state index contributed by atoms with van der Waals surface area (Å²) in [6.45, 7) is 14.4. The Labute approximate surface area is 276 Å². The van der Waals surface area contributed by atoms with Crippen LogP contribution in [0.1, 0.15) is 96.3 Å². The van der Waals surface area contributed by atoms with Crippen LogP contribution in [-0.2, 0) is 9.53 Å². The van der Waals surface area contributed by atoms with Crippen molar-refractivity contribution in [1.82, 2.24) is 0 Å². The quantitative estimate of drug-likeness (QED) is 0.126. The minimum atomic E-state index is -0.857. The van der Waals surface area contributed by atoms with E-state index in [1.54, 1.807) is 19.2 Å². The van der Waals surface area contributed by atoms with E-state index in [0.29, 0.717) is 11.5 Å². The van der Waals surface area contributed by atoms with Gasteiger partial charge in [0.05, 0.1) is 7.11 Å². The Bertz CT molecular complexity index is 1380. The van der Waals surface area contributed by atoms with Gasteiger partial charge in [0.1, 0.15) is 23.0 Å². The summed E-state index contributed by atoms with van der Waals surface area (Å²) < 4.78 is 21.0. The number of aryl methyl sites for hydroxylation is 1. The van der Waals surface area contributed by atoms with Crippen molar-refractivity contribution in [1.29, 1.82) is 0 Å². The molecule has 1 aliphatic rings. The zero-order valence-electron chi connectivity index (χ0n) is 28.9. The van der Waals surface area contributed by atoms with E-state index in [2.05, 4.69) is 78.0 Å². The fraction of sp³-hybridized carbons (Fsp3) is 0.400. The summed E-state index contributed by atoms with van der Waals surface area (Å²) in [6.07, 6.45) is 12.3. The summed E-state index contributed by atoms with van der Waals surface area (Å²) in [6, 6.07) is 22.2. The van der Waals surface area contributed by atoms with E-state index in [4.69, 9.17) is 18.9 Å². The second-order valence-corrected chi connectivity index (χ2v) is 11.4. The molecule has 0 saturated heterocycles. The number of ether oxygens (including phenoxy) is 4. The van der Waals surface area contributed by atoms with E-state index in [-0.39, 0.29) is 23.5 Å². The molecule has 0 N–H and O–H groups in total. The smallest absolute Gasteiger partial charge is 0.497 e. The van der Waals surface area contributed by atoms with Gasteiger partial charge in [-0.15, -0.1) is 0 Å². The molecule has 0 aromatic heterocycles. The molecule has 248 valence electrons. The molecule has 3 unspecified atom stereocenters. The van der Waals surface area contributed by atoms with E-state index in [9.17, 15) is 9.59 Å². The average Bonchev–Trinajstić information content (AvgIpc) is 3.04. The number of carbonyl (C=O) groups is 2. The van der Waals surface area contributed by atoms with Crippen LogP contribution in [0.3, 0.4) is 0 Å². The molecule has 3 aromatic carbocycles. The monoisotopic (exact) mass is 628 g/mol. The number of hydrogen-bond acceptors (Lipinski definition) is 6. The Balaban J connectivity index is 0.000000723. The average molecular weight is 629 g/mol. The fourth-order valence-electron chi connectivity index (χ4n) is 4.91. The molecule has 0 spiro atoms.